The highest BCUT2D eigenvalue weighted by atomic mass is 16.6. The second-order valence-corrected chi connectivity index (χ2v) is 3.34. The van der Waals surface area contributed by atoms with Gasteiger partial charge in [0.25, 0.3) is 0 Å². The van der Waals surface area contributed by atoms with Crippen molar-refractivity contribution >= 4 is 11.9 Å². The second-order valence-electron chi connectivity index (χ2n) is 3.34. The molecule has 0 aromatic carbocycles. The highest BCUT2D eigenvalue weighted by Crippen LogP contribution is 2.38. The van der Waals surface area contributed by atoms with Gasteiger partial charge in [-0.2, -0.15) is 0 Å². The molecular formula is C11H12O4. The van der Waals surface area contributed by atoms with E-state index in [2.05, 4.69) is 17.2 Å². The summed E-state index contributed by atoms with van der Waals surface area (Å²) in [6.45, 7) is 3.51. The van der Waals surface area contributed by atoms with Gasteiger partial charge in [0.05, 0.1) is 7.11 Å². The molecule has 0 aliphatic carbocycles. The third kappa shape index (κ3) is 1.73. The van der Waals surface area contributed by atoms with Crippen molar-refractivity contribution in [3.05, 3.63) is 12.7 Å². The van der Waals surface area contributed by atoms with Gasteiger partial charge in [0, 0.05) is 12.8 Å². The third-order valence-corrected chi connectivity index (χ3v) is 2.44. The van der Waals surface area contributed by atoms with E-state index in [0.29, 0.717) is 0 Å². The summed E-state index contributed by atoms with van der Waals surface area (Å²) >= 11 is 0. The lowest BCUT2D eigenvalue weighted by atomic mass is 9.81. The van der Waals surface area contributed by atoms with Crippen molar-refractivity contribution in [3.63, 3.8) is 0 Å². The Bertz CT molecular complexity index is 339. The first-order valence-electron chi connectivity index (χ1n) is 4.46. The summed E-state index contributed by atoms with van der Waals surface area (Å²) in [4.78, 5) is 23.1. The fourth-order valence-electron chi connectivity index (χ4n) is 1.60. The van der Waals surface area contributed by atoms with Crippen molar-refractivity contribution in [2.45, 2.75) is 18.9 Å². The van der Waals surface area contributed by atoms with Crippen molar-refractivity contribution in [3.8, 4) is 12.3 Å². The van der Waals surface area contributed by atoms with E-state index in [4.69, 9.17) is 11.2 Å². The summed E-state index contributed by atoms with van der Waals surface area (Å²) < 4.78 is 9.53. The van der Waals surface area contributed by atoms with Crippen LogP contribution in [0.1, 0.15) is 12.8 Å². The molecule has 15 heavy (non-hydrogen) atoms. The Morgan fingerprint density at radius 2 is 2.60 bits per heavy atom. The average molecular weight is 208 g/mol. The minimum atomic E-state index is -1.34. The van der Waals surface area contributed by atoms with Crippen LogP contribution in [0.25, 0.3) is 0 Å². The highest BCUT2D eigenvalue weighted by Gasteiger charge is 2.54. The Labute approximate surface area is 88.2 Å². The van der Waals surface area contributed by atoms with E-state index in [9.17, 15) is 9.59 Å². The SMILES string of the molecule is C#CCC1(C(=O)OC)CC(C=C)OC1=O. The van der Waals surface area contributed by atoms with Crippen molar-refractivity contribution in [1.29, 1.82) is 0 Å². The predicted molar refractivity (Wildman–Crippen MR) is 52.6 cm³/mol. The fraction of sp³-hybridized carbons (Fsp3) is 0.455. The molecule has 1 aliphatic heterocycles. The number of hydrogen-bond donors (Lipinski definition) is 0. The van der Waals surface area contributed by atoms with Crippen molar-refractivity contribution in [2.75, 3.05) is 7.11 Å². The van der Waals surface area contributed by atoms with Gasteiger partial charge in [-0.25, -0.2) is 0 Å². The first-order chi connectivity index (χ1) is 7.10. The van der Waals surface area contributed by atoms with Gasteiger partial charge in [-0.05, 0) is 0 Å². The Balaban J connectivity index is 3.02. The zero-order valence-electron chi connectivity index (χ0n) is 8.49. The number of cyclic esters (lactones) is 1. The molecule has 1 rings (SSSR count). The molecule has 0 aromatic heterocycles. The summed E-state index contributed by atoms with van der Waals surface area (Å²) in [6, 6.07) is 0. The molecule has 1 saturated heterocycles. The monoisotopic (exact) mass is 208 g/mol. The summed E-state index contributed by atoms with van der Waals surface area (Å²) in [5, 5.41) is 0. The van der Waals surface area contributed by atoms with E-state index in [1.807, 2.05) is 0 Å². The molecule has 0 saturated carbocycles. The van der Waals surface area contributed by atoms with E-state index in [-0.39, 0.29) is 12.8 Å². The van der Waals surface area contributed by atoms with Gasteiger partial charge in [-0.15, -0.1) is 12.3 Å². The predicted octanol–water partition coefficient (Wildman–Crippen LogP) is 0.671. The van der Waals surface area contributed by atoms with Crippen LogP contribution in [0.2, 0.25) is 0 Å². The lowest BCUT2D eigenvalue weighted by Gasteiger charge is -2.18. The molecule has 1 aliphatic rings. The summed E-state index contributed by atoms with van der Waals surface area (Å²) in [6.07, 6.45) is 6.34. The number of ether oxygens (including phenoxy) is 2. The number of methoxy groups -OCH3 is 1. The molecule has 0 bridgehead atoms. The topological polar surface area (TPSA) is 52.6 Å². The van der Waals surface area contributed by atoms with Crippen LogP contribution in [-0.4, -0.2) is 25.2 Å². The molecule has 4 heteroatoms. The van der Waals surface area contributed by atoms with Gasteiger partial charge in [-0.1, -0.05) is 12.7 Å². The zero-order valence-corrected chi connectivity index (χ0v) is 8.49. The number of rotatable bonds is 3. The van der Waals surface area contributed by atoms with Gasteiger partial charge in [0.15, 0.2) is 5.41 Å². The van der Waals surface area contributed by atoms with Gasteiger partial charge >= 0.3 is 11.9 Å². The van der Waals surface area contributed by atoms with Crippen LogP contribution in [0.4, 0.5) is 0 Å². The van der Waals surface area contributed by atoms with Gasteiger partial charge in [0.1, 0.15) is 6.10 Å². The molecule has 0 N–H and O–H groups in total. The molecule has 80 valence electrons. The third-order valence-electron chi connectivity index (χ3n) is 2.44. The summed E-state index contributed by atoms with van der Waals surface area (Å²) in [5.41, 5.74) is -1.34. The van der Waals surface area contributed by atoms with Crippen LogP contribution < -0.4 is 0 Å². The quantitative estimate of drug-likeness (QED) is 0.296. The number of hydrogen-bond acceptors (Lipinski definition) is 4. The summed E-state index contributed by atoms with van der Waals surface area (Å²) in [5.74, 6) is 1.03. The smallest absolute Gasteiger partial charge is 0.325 e. The molecule has 1 fully saturated rings. The Kier molecular flexibility index (Phi) is 3.15. The maximum Gasteiger partial charge on any atom is 0.325 e. The maximum atomic E-state index is 11.6. The molecule has 4 nitrogen and oxygen atoms in total. The first kappa shape index (κ1) is 11.3. The van der Waals surface area contributed by atoms with E-state index in [1.54, 1.807) is 0 Å². The van der Waals surface area contributed by atoms with E-state index < -0.39 is 23.5 Å². The number of terminal acetylenes is 1. The molecular weight excluding hydrogens is 196 g/mol. The molecule has 0 amide bonds. The zero-order chi connectivity index (χ0) is 11.5. The second kappa shape index (κ2) is 4.18. The molecule has 2 unspecified atom stereocenters. The average Bonchev–Trinajstić information content (AvgIpc) is 2.56. The molecule has 1 heterocycles. The molecule has 2 atom stereocenters. The Morgan fingerprint density at radius 3 is 3.00 bits per heavy atom. The normalized spacial score (nSPS) is 29.1. The number of carbonyl (C=O) groups is 2. The van der Waals surface area contributed by atoms with E-state index in [0.717, 1.165) is 0 Å². The molecule has 0 aromatic rings. The van der Waals surface area contributed by atoms with Crippen LogP contribution in [0.15, 0.2) is 12.7 Å². The highest BCUT2D eigenvalue weighted by molar-refractivity contribution is 6.01. The van der Waals surface area contributed by atoms with E-state index in [1.165, 1.54) is 13.2 Å². The van der Waals surface area contributed by atoms with Crippen LogP contribution in [0.5, 0.6) is 0 Å². The minimum Gasteiger partial charge on any atom is -0.468 e. The lowest BCUT2D eigenvalue weighted by molar-refractivity contribution is -0.162. The fourth-order valence-corrected chi connectivity index (χ4v) is 1.60. The van der Waals surface area contributed by atoms with Crippen molar-refractivity contribution in [1.82, 2.24) is 0 Å². The largest absolute Gasteiger partial charge is 0.468 e. The molecule has 0 radical (unpaired) electrons. The van der Waals surface area contributed by atoms with Crippen LogP contribution in [-0.2, 0) is 19.1 Å². The minimum absolute atomic E-state index is 0.0111. The molecule has 0 spiro atoms. The number of carbonyl (C=O) groups excluding carboxylic acids is 2. The standard InChI is InChI=1S/C11H12O4/c1-4-6-11(9(12)14-3)7-8(5-2)15-10(11)13/h1,5,8H,2,6-7H2,3H3. The summed E-state index contributed by atoms with van der Waals surface area (Å²) in [7, 11) is 1.22. The Hall–Kier alpha value is -1.76. The van der Waals surface area contributed by atoms with E-state index >= 15 is 0 Å². The first-order valence-corrected chi connectivity index (χ1v) is 4.46. The van der Waals surface area contributed by atoms with Gasteiger partial charge in [0.2, 0.25) is 0 Å². The number of esters is 2. The van der Waals surface area contributed by atoms with Crippen LogP contribution in [0, 0.1) is 17.8 Å². The van der Waals surface area contributed by atoms with Crippen molar-refractivity contribution < 1.29 is 19.1 Å². The Morgan fingerprint density at radius 1 is 1.93 bits per heavy atom. The van der Waals surface area contributed by atoms with Crippen LogP contribution in [0.3, 0.4) is 0 Å². The lowest BCUT2D eigenvalue weighted by Crippen LogP contribution is -2.36. The van der Waals surface area contributed by atoms with Crippen molar-refractivity contribution in [2.24, 2.45) is 5.41 Å². The maximum absolute atomic E-state index is 11.6. The van der Waals surface area contributed by atoms with Gasteiger partial charge in [-0.3, -0.25) is 9.59 Å². The van der Waals surface area contributed by atoms with Gasteiger partial charge < -0.3 is 9.47 Å². The van der Waals surface area contributed by atoms with Crippen LogP contribution >= 0.6 is 0 Å².